The van der Waals surface area contributed by atoms with E-state index in [-0.39, 0.29) is 6.04 Å². The number of nitrogens with zero attached hydrogens (tertiary/aromatic N) is 3. The Hall–Kier alpha value is -3.52. The molecule has 0 radical (unpaired) electrons. The first kappa shape index (κ1) is 16.6. The highest BCUT2D eigenvalue weighted by molar-refractivity contribution is 5.98. The van der Waals surface area contributed by atoms with E-state index in [2.05, 4.69) is 34.6 Å². The number of nitrogens with one attached hydrogen (secondary N) is 2. The van der Waals surface area contributed by atoms with Gasteiger partial charge in [0.1, 0.15) is 11.7 Å². The van der Waals surface area contributed by atoms with E-state index in [0.29, 0.717) is 17.3 Å². The van der Waals surface area contributed by atoms with Crippen molar-refractivity contribution in [3.8, 4) is 17.2 Å². The summed E-state index contributed by atoms with van der Waals surface area (Å²) in [4.78, 5) is 9.23. The highest BCUT2D eigenvalue weighted by Gasteiger charge is 2.30. The molecule has 5 heteroatoms. The van der Waals surface area contributed by atoms with Gasteiger partial charge in [0.25, 0.3) is 0 Å². The molecule has 1 aliphatic carbocycles. The Kier molecular flexibility index (Phi) is 3.91. The van der Waals surface area contributed by atoms with Gasteiger partial charge in [0.2, 0.25) is 0 Å². The van der Waals surface area contributed by atoms with Crippen LogP contribution in [0.15, 0.2) is 54.7 Å². The van der Waals surface area contributed by atoms with Crippen molar-refractivity contribution >= 4 is 5.84 Å². The van der Waals surface area contributed by atoms with E-state index in [4.69, 9.17) is 15.7 Å². The third kappa shape index (κ3) is 3.03. The summed E-state index contributed by atoms with van der Waals surface area (Å²) in [5, 5.41) is 20.9. The summed E-state index contributed by atoms with van der Waals surface area (Å²) in [7, 11) is 0. The van der Waals surface area contributed by atoms with E-state index in [9.17, 15) is 0 Å². The molecule has 0 saturated heterocycles. The van der Waals surface area contributed by atoms with Gasteiger partial charge in [0.05, 0.1) is 28.9 Å². The molecule has 1 aliphatic heterocycles. The topological polar surface area (TPSA) is 85.5 Å². The van der Waals surface area contributed by atoms with E-state index < -0.39 is 0 Å². The van der Waals surface area contributed by atoms with Crippen LogP contribution in [-0.2, 0) is 6.42 Å². The standard InChI is InChI=1S/C23H19N5/c24-12-14-3-1-4-16(9-14)17-5-2-6-18(10-17)20-11-21-19(22(25)27-20)13-26-23(28-21)15-7-8-15/h1-6,9-10,13,15,20H,7-8,11H2,(H2,25,27). The molecule has 3 aromatic rings. The SMILES string of the molecule is N#Cc1cccc(-c2cccc(C3Cc4nc(C5CC5)ncc4C(=N)N3)c2)c1. The Morgan fingerprint density at radius 3 is 2.64 bits per heavy atom. The van der Waals surface area contributed by atoms with Gasteiger partial charge in [-0.1, -0.05) is 30.3 Å². The molecular weight excluding hydrogens is 346 g/mol. The number of hydrogen-bond acceptors (Lipinski definition) is 4. The molecule has 1 saturated carbocycles. The molecule has 0 spiro atoms. The van der Waals surface area contributed by atoms with Crippen molar-refractivity contribution in [3.63, 3.8) is 0 Å². The van der Waals surface area contributed by atoms with Crippen molar-refractivity contribution in [2.75, 3.05) is 0 Å². The van der Waals surface area contributed by atoms with Crippen LogP contribution in [0.3, 0.4) is 0 Å². The normalized spacial score (nSPS) is 18.1. The minimum atomic E-state index is 0.000975. The highest BCUT2D eigenvalue weighted by atomic mass is 15.0. The third-order valence-corrected chi connectivity index (χ3v) is 5.43. The Morgan fingerprint density at radius 1 is 1.07 bits per heavy atom. The van der Waals surface area contributed by atoms with Crippen molar-refractivity contribution in [2.24, 2.45) is 0 Å². The minimum absolute atomic E-state index is 0.000975. The van der Waals surface area contributed by atoms with Crippen LogP contribution in [0.1, 0.15) is 53.0 Å². The Balaban J connectivity index is 1.47. The molecule has 136 valence electrons. The first-order valence-electron chi connectivity index (χ1n) is 9.53. The first-order chi connectivity index (χ1) is 13.7. The molecule has 2 N–H and O–H groups in total. The summed E-state index contributed by atoms with van der Waals surface area (Å²) in [5.74, 6) is 1.81. The predicted octanol–water partition coefficient (Wildman–Crippen LogP) is 4.11. The second-order valence-electron chi connectivity index (χ2n) is 7.46. The van der Waals surface area contributed by atoms with Crippen molar-refractivity contribution in [3.05, 3.63) is 82.9 Å². The number of amidine groups is 1. The van der Waals surface area contributed by atoms with Crippen LogP contribution in [0.25, 0.3) is 11.1 Å². The molecule has 2 heterocycles. The molecule has 5 rings (SSSR count). The molecule has 1 unspecified atom stereocenters. The number of benzene rings is 2. The van der Waals surface area contributed by atoms with E-state index in [1.807, 2.05) is 30.3 Å². The number of fused-ring (bicyclic) bond motifs is 1. The molecule has 2 aliphatic rings. The summed E-state index contributed by atoms with van der Waals surface area (Å²) < 4.78 is 0. The zero-order chi connectivity index (χ0) is 19.1. The van der Waals surface area contributed by atoms with Crippen molar-refractivity contribution in [1.82, 2.24) is 15.3 Å². The molecule has 1 fully saturated rings. The molecular formula is C23H19N5. The van der Waals surface area contributed by atoms with Crippen molar-refractivity contribution in [1.29, 1.82) is 10.7 Å². The van der Waals surface area contributed by atoms with Crippen LogP contribution in [-0.4, -0.2) is 15.8 Å². The van der Waals surface area contributed by atoms with Gasteiger partial charge in [-0.3, -0.25) is 5.41 Å². The molecule has 28 heavy (non-hydrogen) atoms. The molecule has 0 amide bonds. The van der Waals surface area contributed by atoms with Gasteiger partial charge in [0, 0.05) is 18.5 Å². The third-order valence-electron chi connectivity index (χ3n) is 5.43. The molecule has 1 aromatic heterocycles. The quantitative estimate of drug-likeness (QED) is 0.731. The number of hydrogen-bond donors (Lipinski definition) is 2. The van der Waals surface area contributed by atoms with E-state index in [1.165, 1.54) is 12.8 Å². The van der Waals surface area contributed by atoms with Gasteiger partial charge in [-0.2, -0.15) is 5.26 Å². The maximum atomic E-state index is 9.16. The zero-order valence-electron chi connectivity index (χ0n) is 15.3. The van der Waals surface area contributed by atoms with Crippen LogP contribution in [0.5, 0.6) is 0 Å². The van der Waals surface area contributed by atoms with Gasteiger partial charge in [-0.25, -0.2) is 9.97 Å². The van der Waals surface area contributed by atoms with Crippen molar-refractivity contribution < 1.29 is 0 Å². The molecule has 5 nitrogen and oxygen atoms in total. The van der Waals surface area contributed by atoms with Crippen LogP contribution in [0, 0.1) is 16.7 Å². The van der Waals surface area contributed by atoms with Gasteiger partial charge >= 0.3 is 0 Å². The Labute approximate surface area is 163 Å². The van der Waals surface area contributed by atoms with E-state index in [1.54, 1.807) is 6.20 Å². The molecule has 2 aromatic carbocycles. The fourth-order valence-electron chi connectivity index (χ4n) is 3.74. The average molecular weight is 365 g/mol. The van der Waals surface area contributed by atoms with Gasteiger partial charge in [-0.15, -0.1) is 0 Å². The van der Waals surface area contributed by atoms with Crippen molar-refractivity contribution in [2.45, 2.75) is 31.2 Å². The summed E-state index contributed by atoms with van der Waals surface area (Å²) >= 11 is 0. The maximum absolute atomic E-state index is 9.16. The fraction of sp³-hybridized carbons (Fsp3) is 0.217. The largest absolute Gasteiger partial charge is 0.363 e. The molecule has 1 atom stereocenters. The lowest BCUT2D eigenvalue weighted by Crippen LogP contribution is -2.36. The lowest BCUT2D eigenvalue weighted by atomic mass is 9.92. The van der Waals surface area contributed by atoms with E-state index in [0.717, 1.165) is 40.2 Å². The minimum Gasteiger partial charge on any atom is -0.363 e. The predicted molar refractivity (Wildman–Crippen MR) is 107 cm³/mol. The molecule has 0 bridgehead atoms. The first-order valence-corrected chi connectivity index (χ1v) is 9.53. The Morgan fingerprint density at radius 2 is 1.86 bits per heavy atom. The van der Waals surface area contributed by atoms with Crippen LogP contribution in [0.2, 0.25) is 0 Å². The number of aromatic nitrogens is 2. The second kappa shape index (κ2) is 6.58. The van der Waals surface area contributed by atoms with Crippen LogP contribution in [0.4, 0.5) is 0 Å². The lowest BCUT2D eigenvalue weighted by molar-refractivity contribution is 0.607. The van der Waals surface area contributed by atoms with Gasteiger partial charge in [-0.05, 0) is 47.7 Å². The fourth-order valence-corrected chi connectivity index (χ4v) is 3.74. The monoisotopic (exact) mass is 365 g/mol. The second-order valence-corrected chi connectivity index (χ2v) is 7.46. The number of rotatable bonds is 3. The maximum Gasteiger partial charge on any atom is 0.131 e. The van der Waals surface area contributed by atoms with Crippen LogP contribution < -0.4 is 5.32 Å². The van der Waals surface area contributed by atoms with Gasteiger partial charge in [0.15, 0.2) is 0 Å². The summed E-state index contributed by atoms with van der Waals surface area (Å²) in [5.41, 5.74) is 5.61. The lowest BCUT2D eigenvalue weighted by Gasteiger charge is -2.27. The Bertz CT molecular complexity index is 1120. The summed E-state index contributed by atoms with van der Waals surface area (Å²) in [6, 6.07) is 18.1. The van der Waals surface area contributed by atoms with Crippen LogP contribution >= 0.6 is 0 Å². The smallest absolute Gasteiger partial charge is 0.131 e. The summed E-state index contributed by atoms with van der Waals surface area (Å²) in [6.07, 6.45) is 4.87. The van der Waals surface area contributed by atoms with Gasteiger partial charge < -0.3 is 5.32 Å². The highest BCUT2D eigenvalue weighted by Crippen LogP contribution is 2.38. The zero-order valence-corrected chi connectivity index (χ0v) is 15.3. The number of nitriles is 1. The van der Waals surface area contributed by atoms with E-state index >= 15 is 0 Å². The average Bonchev–Trinajstić information content (AvgIpc) is 3.59. The summed E-state index contributed by atoms with van der Waals surface area (Å²) in [6.45, 7) is 0.